The maximum atomic E-state index is 12.5. The number of fused-ring (bicyclic) bond motifs is 1. The summed E-state index contributed by atoms with van der Waals surface area (Å²) in [6, 6.07) is 16.9. The highest BCUT2D eigenvalue weighted by atomic mass is 16.5. The van der Waals surface area contributed by atoms with Crippen molar-refractivity contribution in [1.82, 2.24) is 15.6 Å². The molecule has 2 aromatic carbocycles. The molecule has 0 saturated heterocycles. The number of amides is 2. The number of para-hydroxylation sites is 1. The van der Waals surface area contributed by atoms with Crippen molar-refractivity contribution in [3.63, 3.8) is 0 Å². The highest BCUT2D eigenvalue weighted by molar-refractivity contribution is 5.86. The van der Waals surface area contributed by atoms with Gasteiger partial charge >= 0.3 is 6.09 Å². The first-order chi connectivity index (χ1) is 14.2. The van der Waals surface area contributed by atoms with E-state index in [0.717, 1.165) is 28.5 Å². The number of hydrogen-bond acceptors (Lipinski definition) is 3. The van der Waals surface area contributed by atoms with Gasteiger partial charge in [0.1, 0.15) is 12.6 Å². The summed E-state index contributed by atoms with van der Waals surface area (Å²) < 4.78 is 5.23. The van der Waals surface area contributed by atoms with Gasteiger partial charge in [-0.15, -0.1) is 0 Å². The Bertz CT molecular complexity index is 937. The van der Waals surface area contributed by atoms with Crippen LogP contribution in [-0.2, 0) is 22.6 Å². The van der Waals surface area contributed by atoms with Crippen molar-refractivity contribution in [3.05, 3.63) is 71.9 Å². The average Bonchev–Trinajstić information content (AvgIpc) is 3.16. The molecular weight excluding hydrogens is 366 g/mol. The van der Waals surface area contributed by atoms with E-state index >= 15 is 0 Å². The summed E-state index contributed by atoms with van der Waals surface area (Å²) in [6.07, 6.45) is 3.44. The Hall–Kier alpha value is -3.28. The first-order valence-corrected chi connectivity index (χ1v) is 9.97. The molecule has 6 heteroatoms. The first-order valence-electron chi connectivity index (χ1n) is 9.97. The molecule has 3 rings (SSSR count). The van der Waals surface area contributed by atoms with Gasteiger partial charge in [0.2, 0.25) is 5.91 Å². The molecule has 0 aliphatic rings. The van der Waals surface area contributed by atoms with Gasteiger partial charge in [-0.2, -0.15) is 0 Å². The van der Waals surface area contributed by atoms with Gasteiger partial charge in [0.05, 0.1) is 0 Å². The Labute approximate surface area is 170 Å². The summed E-state index contributed by atoms with van der Waals surface area (Å²) in [5, 5.41) is 6.77. The summed E-state index contributed by atoms with van der Waals surface area (Å²) in [5.41, 5.74) is 3.14. The van der Waals surface area contributed by atoms with Gasteiger partial charge in [-0.3, -0.25) is 4.79 Å². The van der Waals surface area contributed by atoms with E-state index in [1.807, 2.05) is 61.7 Å². The number of aromatic nitrogens is 1. The molecule has 0 radical (unpaired) electrons. The molecule has 29 heavy (non-hydrogen) atoms. The summed E-state index contributed by atoms with van der Waals surface area (Å²) in [6.45, 7) is 2.65. The van der Waals surface area contributed by atoms with Crippen LogP contribution in [-0.4, -0.2) is 29.6 Å². The molecule has 1 atom stereocenters. The highest BCUT2D eigenvalue weighted by Crippen LogP contribution is 2.17. The number of carbonyl (C=O) groups excluding carboxylic acids is 2. The molecule has 0 bridgehead atoms. The van der Waals surface area contributed by atoms with E-state index in [4.69, 9.17) is 4.74 Å². The molecule has 2 amide bonds. The fourth-order valence-electron chi connectivity index (χ4n) is 3.25. The maximum Gasteiger partial charge on any atom is 0.408 e. The Morgan fingerprint density at radius 3 is 2.62 bits per heavy atom. The second-order valence-corrected chi connectivity index (χ2v) is 6.95. The van der Waals surface area contributed by atoms with Crippen LogP contribution in [0.25, 0.3) is 10.9 Å². The fourth-order valence-corrected chi connectivity index (χ4v) is 3.25. The molecule has 1 heterocycles. The van der Waals surface area contributed by atoms with E-state index in [9.17, 15) is 9.59 Å². The second-order valence-electron chi connectivity index (χ2n) is 6.95. The largest absolute Gasteiger partial charge is 0.445 e. The molecule has 0 aliphatic carbocycles. The molecule has 152 valence electrons. The summed E-state index contributed by atoms with van der Waals surface area (Å²) >= 11 is 0. The number of ether oxygens (including phenoxy) is 1. The van der Waals surface area contributed by atoms with E-state index in [1.165, 1.54) is 0 Å². The van der Waals surface area contributed by atoms with Crippen LogP contribution in [0.4, 0.5) is 4.79 Å². The predicted octanol–water partition coefficient (Wildman–Crippen LogP) is 3.92. The third-order valence-electron chi connectivity index (χ3n) is 4.77. The third-order valence-corrected chi connectivity index (χ3v) is 4.77. The highest BCUT2D eigenvalue weighted by Gasteiger charge is 2.20. The van der Waals surface area contributed by atoms with Gasteiger partial charge in [-0.1, -0.05) is 61.9 Å². The number of rotatable bonds is 9. The van der Waals surface area contributed by atoms with Crippen molar-refractivity contribution in [3.8, 4) is 0 Å². The minimum absolute atomic E-state index is 0.174. The quantitative estimate of drug-likeness (QED) is 0.515. The maximum absolute atomic E-state index is 12.5. The first kappa shape index (κ1) is 20.5. The number of nitrogens with one attached hydrogen (secondary N) is 3. The lowest BCUT2D eigenvalue weighted by molar-refractivity contribution is -0.123. The number of carbonyl (C=O) groups is 2. The van der Waals surface area contributed by atoms with Gasteiger partial charge in [-0.05, 0) is 30.0 Å². The Kier molecular flexibility index (Phi) is 7.28. The zero-order chi connectivity index (χ0) is 20.5. The van der Waals surface area contributed by atoms with Crippen molar-refractivity contribution in [2.24, 2.45) is 0 Å². The number of hydrogen-bond donors (Lipinski definition) is 3. The normalized spacial score (nSPS) is 11.8. The minimum Gasteiger partial charge on any atom is -0.445 e. The van der Waals surface area contributed by atoms with Gasteiger partial charge in [0.25, 0.3) is 0 Å². The molecule has 1 unspecified atom stereocenters. The SMILES string of the molecule is CCCC(NC(=O)OCc1ccccc1)C(=O)NCCc1c[nH]c2ccccc12. The van der Waals surface area contributed by atoms with Gasteiger partial charge < -0.3 is 20.4 Å². The molecular formula is C23H27N3O3. The van der Waals surface area contributed by atoms with Crippen LogP contribution in [0.3, 0.4) is 0 Å². The lowest BCUT2D eigenvalue weighted by Gasteiger charge is -2.17. The van der Waals surface area contributed by atoms with Crippen molar-refractivity contribution < 1.29 is 14.3 Å². The molecule has 1 aromatic heterocycles. The Morgan fingerprint density at radius 2 is 1.83 bits per heavy atom. The van der Waals surface area contributed by atoms with E-state index < -0.39 is 12.1 Å². The van der Waals surface area contributed by atoms with E-state index in [-0.39, 0.29) is 12.5 Å². The molecule has 0 aliphatic heterocycles. The van der Waals surface area contributed by atoms with Gasteiger partial charge in [-0.25, -0.2) is 4.79 Å². The lowest BCUT2D eigenvalue weighted by atomic mass is 10.1. The molecule has 0 saturated carbocycles. The smallest absolute Gasteiger partial charge is 0.408 e. The predicted molar refractivity (Wildman–Crippen MR) is 113 cm³/mol. The third kappa shape index (κ3) is 5.85. The fraction of sp³-hybridized carbons (Fsp3) is 0.304. The monoisotopic (exact) mass is 393 g/mol. The van der Waals surface area contributed by atoms with Crippen LogP contribution in [0, 0.1) is 0 Å². The standard InChI is InChI=1S/C23H27N3O3/c1-2-8-21(26-23(28)29-16-17-9-4-3-5-10-17)22(27)24-14-13-18-15-25-20-12-7-6-11-19(18)20/h3-7,9-12,15,21,25H,2,8,13-14,16H2,1H3,(H,24,27)(H,26,28). The molecule has 6 nitrogen and oxygen atoms in total. The average molecular weight is 393 g/mol. The van der Waals surface area contributed by atoms with E-state index in [1.54, 1.807) is 0 Å². The van der Waals surface area contributed by atoms with Crippen LogP contribution >= 0.6 is 0 Å². The second kappa shape index (κ2) is 10.3. The van der Waals surface area contributed by atoms with Crippen molar-refractivity contribution >= 4 is 22.9 Å². The van der Waals surface area contributed by atoms with Crippen molar-refractivity contribution in [1.29, 1.82) is 0 Å². The lowest BCUT2D eigenvalue weighted by Crippen LogP contribution is -2.47. The van der Waals surface area contributed by atoms with Crippen LogP contribution < -0.4 is 10.6 Å². The van der Waals surface area contributed by atoms with Crippen molar-refractivity contribution in [2.75, 3.05) is 6.54 Å². The van der Waals surface area contributed by atoms with E-state index in [2.05, 4.69) is 21.7 Å². The van der Waals surface area contributed by atoms with Gasteiger partial charge in [0.15, 0.2) is 0 Å². The Morgan fingerprint density at radius 1 is 1.07 bits per heavy atom. The van der Waals surface area contributed by atoms with Crippen LogP contribution in [0.5, 0.6) is 0 Å². The molecule has 0 spiro atoms. The Balaban J connectivity index is 1.47. The molecule has 0 fully saturated rings. The zero-order valence-corrected chi connectivity index (χ0v) is 16.6. The van der Waals surface area contributed by atoms with Crippen molar-refractivity contribution in [2.45, 2.75) is 38.8 Å². The van der Waals surface area contributed by atoms with Gasteiger partial charge in [0, 0.05) is 23.6 Å². The molecule has 3 aromatic rings. The topological polar surface area (TPSA) is 83.2 Å². The number of aromatic amines is 1. The minimum atomic E-state index is -0.605. The number of benzene rings is 2. The zero-order valence-electron chi connectivity index (χ0n) is 16.6. The molecule has 3 N–H and O–H groups in total. The van der Waals surface area contributed by atoms with Crippen LogP contribution in [0.15, 0.2) is 60.8 Å². The summed E-state index contributed by atoms with van der Waals surface area (Å²) in [5.74, 6) is -0.191. The summed E-state index contributed by atoms with van der Waals surface area (Å²) in [7, 11) is 0. The van der Waals surface area contributed by atoms with E-state index in [0.29, 0.717) is 19.4 Å². The number of H-pyrrole nitrogens is 1. The van der Waals surface area contributed by atoms with Crippen LogP contribution in [0.1, 0.15) is 30.9 Å². The summed E-state index contributed by atoms with van der Waals surface area (Å²) in [4.78, 5) is 27.9. The van der Waals surface area contributed by atoms with Crippen LogP contribution in [0.2, 0.25) is 0 Å². The number of alkyl carbamates (subject to hydrolysis) is 1.